The van der Waals surface area contributed by atoms with Crippen LogP contribution in [-0.4, -0.2) is 56.3 Å². The molecular weight excluding hydrogens is 362 g/mol. The number of amides is 1. The number of carbonyl (C=O) groups is 2. The third-order valence-electron chi connectivity index (χ3n) is 4.65. The summed E-state index contributed by atoms with van der Waals surface area (Å²) in [6, 6.07) is 13.9. The molecular formula is C21H21NO6. The number of morpholine rings is 1. The fourth-order valence-corrected chi connectivity index (χ4v) is 3.18. The monoisotopic (exact) mass is 383 g/mol. The summed E-state index contributed by atoms with van der Waals surface area (Å²) in [5.41, 5.74) is 0.935. The molecule has 2 heterocycles. The maximum absolute atomic E-state index is 13.0. The Kier molecular flexibility index (Phi) is 5.43. The van der Waals surface area contributed by atoms with Gasteiger partial charge in [-0.3, -0.25) is 4.79 Å². The molecule has 1 saturated heterocycles. The van der Waals surface area contributed by atoms with E-state index >= 15 is 0 Å². The van der Waals surface area contributed by atoms with E-state index in [0.29, 0.717) is 62.1 Å². The van der Waals surface area contributed by atoms with Crippen molar-refractivity contribution in [2.24, 2.45) is 0 Å². The van der Waals surface area contributed by atoms with Crippen molar-refractivity contribution in [2.75, 3.05) is 39.5 Å². The van der Waals surface area contributed by atoms with E-state index in [1.54, 1.807) is 35.2 Å². The summed E-state index contributed by atoms with van der Waals surface area (Å²) in [5, 5.41) is 0. The van der Waals surface area contributed by atoms with Crippen molar-refractivity contribution >= 4 is 11.9 Å². The molecule has 146 valence electrons. The van der Waals surface area contributed by atoms with Crippen LogP contribution in [0.5, 0.6) is 11.5 Å². The van der Waals surface area contributed by atoms with E-state index < -0.39 is 12.1 Å². The maximum Gasteiger partial charge on any atom is 0.339 e. The fourth-order valence-electron chi connectivity index (χ4n) is 3.18. The van der Waals surface area contributed by atoms with Crippen LogP contribution < -0.4 is 9.47 Å². The quantitative estimate of drug-likeness (QED) is 0.754. The van der Waals surface area contributed by atoms with Gasteiger partial charge in [-0.15, -0.1) is 0 Å². The van der Waals surface area contributed by atoms with Gasteiger partial charge < -0.3 is 23.8 Å². The summed E-state index contributed by atoms with van der Waals surface area (Å²) < 4.78 is 22.0. The highest BCUT2D eigenvalue weighted by atomic mass is 16.6. The highest BCUT2D eigenvalue weighted by molar-refractivity contribution is 5.93. The summed E-state index contributed by atoms with van der Waals surface area (Å²) in [5.74, 6) is 0.246. The van der Waals surface area contributed by atoms with Gasteiger partial charge in [0.1, 0.15) is 13.2 Å². The number of carbonyl (C=O) groups excluding carboxylic acids is 2. The van der Waals surface area contributed by atoms with Gasteiger partial charge in [0.2, 0.25) is 6.10 Å². The predicted octanol–water partition coefficient (Wildman–Crippen LogP) is 2.21. The molecule has 1 atom stereocenters. The Morgan fingerprint density at radius 2 is 1.61 bits per heavy atom. The highest BCUT2D eigenvalue weighted by Crippen LogP contribution is 2.32. The third-order valence-corrected chi connectivity index (χ3v) is 4.65. The number of benzene rings is 2. The van der Waals surface area contributed by atoms with E-state index in [1.165, 1.54) is 0 Å². The Bertz CT molecular complexity index is 847. The van der Waals surface area contributed by atoms with Gasteiger partial charge in [-0.05, 0) is 18.2 Å². The molecule has 0 aliphatic carbocycles. The molecule has 2 aliphatic heterocycles. The molecule has 2 aromatic rings. The lowest BCUT2D eigenvalue weighted by atomic mass is 10.1. The summed E-state index contributed by atoms with van der Waals surface area (Å²) in [4.78, 5) is 27.5. The minimum Gasteiger partial charge on any atom is -0.486 e. The number of hydrogen-bond donors (Lipinski definition) is 0. The van der Waals surface area contributed by atoms with Gasteiger partial charge in [0, 0.05) is 18.7 Å². The number of ether oxygens (including phenoxy) is 4. The summed E-state index contributed by atoms with van der Waals surface area (Å²) >= 11 is 0. The van der Waals surface area contributed by atoms with Crippen LogP contribution in [0.1, 0.15) is 22.0 Å². The van der Waals surface area contributed by atoms with Gasteiger partial charge in [-0.25, -0.2) is 4.79 Å². The predicted molar refractivity (Wildman–Crippen MR) is 99.4 cm³/mol. The van der Waals surface area contributed by atoms with Crippen LogP contribution in [0.4, 0.5) is 0 Å². The Morgan fingerprint density at radius 3 is 2.36 bits per heavy atom. The minimum atomic E-state index is -1.01. The van der Waals surface area contributed by atoms with Gasteiger partial charge in [-0.1, -0.05) is 30.3 Å². The molecule has 0 radical (unpaired) electrons. The molecule has 1 unspecified atom stereocenters. The third kappa shape index (κ3) is 3.94. The molecule has 7 heteroatoms. The van der Waals surface area contributed by atoms with Crippen LogP contribution in [0.3, 0.4) is 0 Å². The summed E-state index contributed by atoms with van der Waals surface area (Å²) in [6.07, 6.45) is -1.01. The molecule has 0 saturated carbocycles. The maximum atomic E-state index is 13.0. The van der Waals surface area contributed by atoms with Crippen molar-refractivity contribution in [3.8, 4) is 11.5 Å². The van der Waals surface area contributed by atoms with Crippen molar-refractivity contribution in [2.45, 2.75) is 6.10 Å². The first-order chi connectivity index (χ1) is 13.7. The van der Waals surface area contributed by atoms with Crippen LogP contribution in [-0.2, 0) is 14.3 Å². The second kappa shape index (κ2) is 8.31. The van der Waals surface area contributed by atoms with Crippen LogP contribution in [0.2, 0.25) is 0 Å². The summed E-state index contributed by atoms with van der Waals surface area (Å²) in [6.45, 7) is 2.80. The Hall–Kier alpha value is -3.06. The molecule has 0 aromatic heterocycles. The Morgan fingerprint density at radius 1 is 0.893 bits per heavy atom. The van der Waals surface area contributed by atoms with Crippen LogP contribution in [0.15, 0.2) is 48.5 Å². The van der Waals surface area contributed by atoms with Gasteiger partial charge in [-0.2, -0.15) is 0 Å². The lowest BCUT2D eigenvalue weighted by molar-refractivity contribution is -0.145. The Labute approximate surface area is 162 Å². The first kappa shape index (κ1) is 18.3. The lowest BCUT2D eigenvalue weighted by Gasteiger charge is -2.30. The zero-order chi connectivity index (χ0) is 19.3. The second-order valence-electron chi connectivity index (χ2n) is 6.49. The molecule has 4 rings (SSSR count). The van der Waals surface area contributed by atoms with E-state index in [-0.39, 0.29) is 5.91 Å². The van der Waals surface area contributed by atoms with E-state index in [0.717, 1.165) is 0 Å². The number of fused-ring (bicyclic) bond motifs is 1. The lowest BCUT2D eigenvalue weighted by Crippen LogP contribution is -2.44. The van der Waals surface area contributed by atoms with E-state index in [9.17, 15) is 9.59 Å². The first-order valence-corrected chi connectivity index (χ1v) is 9.24. The van der Waals surface area contributed by atoms with Crippen molar-refractivity contribution in [3.05, 3.63) is 59.7 Å². The molecule has 7 nitrogen and oxygen atoms in total. The smallest absolute Gasteiger partial charge is 0.339 e. The van der Waals surface area contributed by atoms with E-state index in [2.05, 4.69) is 0 Å². The van der Waals surface area contributed by atoms with Crippen molar-refractivity contribution in [1.29, 1.82) is 0 Å². The summed E-state index contributed by atoms with van der Waals surface area (Å²) in [7, 11) is 0. The van der Waals surface area contributed by atoms with E-state index in [1.807, 2.05) is 18.2 Å². The van der Waals surface area contributed by atoms with Crippen molar-refractivity contribution in [3.63, 3.8) is 0 Å². The van der Waals surface area contributed by atoms with Crippen LogP contribution >= 0.6 is 0 Å². The molecule has 0 spiro atoms. The van der Waals surface area contributed by atoms with Gasteiger partial charge in [0.05, 0.1) is 18.8 Å². The van der Waals surface area contributed by atoms with Crippen LogP contribution in [0.25, 0.3) is 0 Å². The number of esters is 1. The molecule has 28 heavy (non-hydrogen) atoms. The number of nitrogens with zero attached hydrogens (tertiary/aromatic N) is 1. The zero-order valence-electron chi connectivity index (χ0n) is 15.3. The van der Waals surface area contributed by atoms with Crippen molar-refractivity contribution in [1.82, 2.24) is 4.90 Å². The van der Waals surface area contributed by atoms with Gasteiger partial charge in [0.15, 0.2) is 11.5 Å². The highest BCUT2D eigenvalue weighted by Gasteiger charge is 2.31. The second-order valence-corrected chi connectivity index (χ2v) is 6.49. The average molecular weight is 383 g/mol. The minimum absolute atomic E-state index is 0.250. The molecule has 0 bridgehead atoms. The van der Waals surface area contributed by atoms with Crippen molar-refractivity contribution < 1.29 is 28.5 Å². The fraction of sp³-hybridized carbons (Fsp3) is 0.333. The standard InChI is InChI=1S/C21H21NO6/c23-20(22-8-10-25-11-9-22)19(15-4-2-1-3-5-15)28-21(24)16-6-7-17-18(14-16)27-13-12-26-17/h1-7,14,19H,8-13H2. The first-order valence-electron chi connectivity index (χ1n) is 9.24. The van der Waals surface area contributed by atoms with E-state index in [4.69, 9.17) is 18.9 Å². The molecule has 2 aromatic carbocycles. The number of hydrogen-bond acceptors (Lipinski definition) is 6. The molecule has 0 N–H and O–H groups in total. The Balaban J connectivity index is 1.56. The average Bonchev–Trinajstić information content (AvgIpc) is 2.77. The van der Waals surface area contributed by atoms with Crippen LogP contribution in [0, 0.1) is 0 Å². The SMILES string of the molecule is O=C(OC(C(=O)N1CCOCC1)c1ccccc1)c1ccc2c(c1)OCCO2. The normalized spacial score (nSPS) is 16.9. The topological polar surface area (TPSA) is 74.3 Å². The van der Waals surface area contributed by atoms with Gasteiger partial charge in [0.25, 0.3) is 5.91 Å². The molecule has 2 aliphatic rings. The van der Waals surface area contributed by atoms with Gasteiger partial charge >= 0.3 is 5.97 Å². The zero-order valence-corrected chi connectivity index (χ0v) is 15.3. The molecule has 1 fully saturated rings. The largest absolute Gasteiger partial charge is 0.486 e. The molecule has 1 amide bonds. The number of rotatable bonds is 4.